The summed E-state index contributed by atoms with van der Waals surface area (Å²) in [7, 11) is 0. The number of nitrogens with one attached hydrogen (secondary N) is 1. The van der Waals surface area contributed by atoms with Gasteiger partial charge in [-0.05, 0) is 25.1 Å². The molecule has 0 saturated heterocycles. The quantitative estimate of drug-likeness (QED) is 0.276. The summed E-state index contributed by atoms with van der Waals surface area (Å²) < 4.78 is 10.6. The van der Waals surface area contributed by atoms with E-state index in [4.69, 9.17) is 9.15 Å². The van der Waals surface area contributed by atoms with Crippen LogP contribution in [-0.4, -0.2) is 33.6 Å². The summed E-state index contributed by atoms with van der Waals surface area (Å²) in [6.07, 6.45) is -1.07. The number of non-ortho nitro benzene ring substituents is 1. The first-order chi connectivity index (χ1) is 13.4. The van der Waals surface area contributed by atoms with E-state index < -0.39 is 22.9 Å². The van der Waals surface area contributed by atoms with E-state index in [9.17, 15) is 19.7 Å². The summed E-state index contributed by atoms with van der Waals surface area (Å²) in [5.74, 6) is -1.30. The molecule has 1 heterocycles. The number of hydrogen-bond donors (Lipinski definition) is 1. The lowest BCUT2D eigenvalue weighted by Crippen LogP contribution is -2.30. The number of carbonyl (C=O) groups excluding carboxylic acids is 2. The molecule has 1 atom stereocenters. The van der Waals surface area contributed by atoms with E-state index in [2.05, 4.69) is 10.3 Å². The van der Waals surface area contributed by atoms with E-state index >= 15 is 0 Å². The maximum atomic E-state index is 12.1. The van der Waals surface area contributed by atoms with Gasteiger partial charge in [-0.3, -0.25) is 19.7 Å². The number of ether oxygens (including phenoxy) is 1. The molecular formula is C18H15N3O6S. The number of nitro benzene ring substituents is 1. The van der Waals surface area contributed by atoms with E-state index in [0.717, 1.165) is 11.8 Å². The molecular weight excluding hydrogens is 386 g/mol. The number of esters is 1. The molecule has 0 fully saturated rings. The fourth-order valence-corrected chi connectivity index (χ4v) is 2.88. The van der Waals surface area contributed by atoms with Gasteiger partial charge in [0.1, 0.15) is 11.3 Å². The van der Waals surface area contributed by atoms with Crippen molar-refractivity contribution in [1.82, 2.24) is 4.98 Å². The van der Waals surface area contributed by atoms with E-state index in [0.29, 0.717) is 16.3 Å². The van der Waals surface area contributed by atoms with Crippen LogP contribution in [0.5, 0.6) is 0 Å². The number of amides is 1. The number of hydrogen-bond acceptors (Lipinski definition) is 8. The second-order valence-electron chi connectivity index (χ2n) is 5.66. The van der Waals surface area contributed by atoms with Gasteiger partial charge in [-0.25, -0.2) is 4.98 Å². The molecule has 10 heteroatoms. The number of aromatic nitrogens is 1. The molecule has 1 aromatic heterocycles. The van der Waals surface area contributed by atoms with E-state index in [-0.39, 0.29) is 17.1 Å². The molecule has 28 heavy (non-hydrogen) atoms. The van der Waals surface area contributed by atoms with Crippen LogP contribution in [0.15, 0.2) is 58.2 Å². The first kappa shape index (κ1) is 19.4. The van der Waals surface area contributed by atoms with Crippen LogP contribution in [0.25, 0.3) is 11.1 Å². The smallest absolute Gasteiger partial charge is 0.317 e. The highest BCUT2D eigenvalue weighted by molar-refractivity contribution is 7.99. The molecule has 0 aliphatic rings. The van der Waals surface area contributed by atoms with Crippen molar-refractivity contribution in [2.75, 3.05) is 11.1 Å². The van der Waals surface area contributed by atoms with Crippen molar-refractivity contribution < 1.29 is 23.7 Å². The van der Waals surface area contributed by atoms with Crippen molar-refractivity contribution >= 4 is 46.1 Å². The molecule has 0 spiro atoms. The van der Waals surface area contributed by atoms with Gasteiger partial charge in [0.15, 0.2) is 11.7 Å². The van der Waals surface area contributed by atoms with Gasteiger partial charge in [0.25, 0.3) is 16.8 Å². The molecule has 9 nitrogen and oxygen atoms in total. The Morgan fingerprint density at radius 3 is 2.82 bits per heavy atom. The lowest BCUT2D eigenvalue weighted by atomic mass is 10.2. The number of carbonyl (C=O) groups is 2. The Morgan fingerprint density at radius 2 is 2.07 bits per heavy atom. The predicted octanol–water partition coefficient (Wildman–Crippen LogP) is 3.40. The zero-order valence-corrected chi connectivity index (χ0v) is 15.5. The van der Waals surface area contributed by atoms with E-state index in [1.165, 1.54) is 31.2 Å². The molecule has 144 valence electrons. The highest BCUT2D eigenvalue weighted by atomic mass is 32.2. The molecule has 3 aromatic rings. The Bertz CT molecular complexity index is 1000. The number of para-hydroxylation sites is 2. The maximum absolute atomic E-state index is 12.1. The van der Waals surface area contributed by atoms with Crippen LogP contribution in [0, 0.1) is 10.1 Å². The first-order valence-corrected chi connectivity index (χ1v) is 9.14. The summed E-state index contributed by atoms with van der Waals surface area (Å²) in [6.45, 7) is 1.41. The van der Waals surface area contributed by atoms with Crippen molar-refractivity contribution in [3.05, 3.63) is 58.6 Å². The van der Waals surface area contributed by atoms with Gasteiger partial charge in [-0.1, -0.05) is 30.0 Å². The number of nitrogens with zero attached hydrogens (tertiary/aromatic N) is 2. The average molecular weight is 401 g/mol. The van der Waals surface area contributed by atoms with Gasteiger partial charge in [0.2, 0.25) is 0 Å². The fraction of sp³-hybridized carbons (Fsp3) is 0.167. The summed E-state index contributed by atoms with van der Waals surface area (Å²) in [4.78, 5) is 38.5. The van der Waals surface area contributed by atoms with Crippen LogP contribution in [0.4, 0.5) is 11.4 Å². The third-order valence-electron chi connectivity index (χ3n) is 3.59. The lowest BCUT2D eigenvalue weighted by molar-refractivity contribution is -0.384. The molecule has 0 aliphatic heterocycles. The van der Waals surface area contributed by atoms with Crippen LogP contribution in [0.1, 0.15) is 6.92 Å². The van der Waals surface area contributed by atoms with Gasteiger partial charge >= 0.3 is 5.97 Å². The number of thioether (sulfide) groups is 1. The van der Waals surface area contributed by atoms with Crippen LogP contribution in [0.3, 0.4) is 0 Å². The molecule has 0 saturated carbocycles. The SMILES string of the molecule is CC(OC(=O)CSc1nc2ccccc2o1)C(=O)Nc1cccc([N+](=O)[O-])c1. The molecule has 0 aliphatic carbocycles. The van der Waals surface area contributed by atoms with E-state index in [1.54, 1.807) is 12.1 Å². The van der Waals surface area contributed by atoms with E-state index in [1.807, 2.05) is 12.1 Å². The Morgan fingerprint density at radius 1 is 1.29 bits per heavy atom. The van der Waals surface area contributed by atoms with Gasteiger partial charge in [-0.15, -0.1) is 0 Å². The summed E-state index contributed by atoms with van der Waals surface area (Å²) in [6, 6.07) is 12.7. The molecule has 2 aromatic carbocycles. The Hall–Kier alpha value is -3.40. The summed E-state index contributed by atoms with van der Waals surface area (Å²) in [5.41, 5.74) is 1.38. The Labute approximate surface area is 163 Å². The van der Waals surface area contributed by atoms with Crippen LogP contribution in [0.2, 0.25) is 0 Å². The second kappa shape index (κ2) is 8.53. The summed E-state index contributed by atoms with van der Waals surface area (Å²) in [5, 5.41) is 13.6. The van der Waals surface area contributed by atoms with Crippen molar-refractivity contribution in [1.29, 1.82) is 0 Å². The van der Waals surface area contributed by atoms with Gasteiger partial charge in [-0.2, -0.15) is 0 Å². The van der Waals surface area contributed by atoms with Gasteiger partial charge < -0.3 is 14.5 Å². The van der Waals surface area contributed by atoms with Gasteiger partial charge in [0.05, 0.1) is 4.92 Å². The van der Waals surface area contributed by atoms with Crippen molar-refractivity contribution in [3.63, 3.8) is 0 Å². The summed E-state index contributed by atoms with van der Waals surface area (Å²) >= 11 is 1.06. The molecule has 1 N–H and O–H groups in total. The first-order valence-electron chi connectivity index (χ1n) is 8.15. The third-order valence-corrected chi connectivity index (χ3v) is 4.39. The highest BCUT2D eigenvalue weighted by Gasteiger charge is 2.19. The number of anilines is 1. The number of fused-ring (bicyclic) bond motifs is 1. The predicted molar refractivity (Wildman–Crippen MR) is 102 cm³/mol. The Balaban J connectivity index is 1.51. The van der Waals surface area contributed by atoms with Crippen molar-refractivity contribution in [3.8, 4) is 0 Å². The fourth-order valence-electron chi connectivity index (χ4n) is 2.26. The number of nitro groups is 1. The van der Waals surface area contributed by atoms with Crippen LogP contribution >= 0.6 is 11.8 Å². The number of rotatable bonds is 7. The van der Waals surface area contributed by atoms with Crippen molar-refractivity contribution in [2.24, 2.45) is 0 Å². The Kier molecular flexibility index (Phi) is 5.90. The lowest BCUT2D eigenvalue weighted by Gasteiger charge is -2.13. The minimum atomic E-state index is -1.07. The number of oxazole rings is 1. The zero-order valence-electron chi connectivity index (χ0n) is 14.7. The average Bonchev–Trinajstić information content (AvgIpc) is 3.09. The standard InChI is InChI=1S/C18H15N3O6S/c1-11(17(23)19-12-5-4-6-13(9-12)21(24)25)26-16(22)10-28-18-20-14-7-2-3-8-15(14)27-18/h2-9,11H,10H2,1H3,(H,19,23). The largest absolute Gasteiger partial charge is 0.452 e. The highest BCUT2D eigenvalue weighted by Crippen LogP contribution is 2.23. The normalized spacial score (nSPS) is 11.8. The molecule has 3 rings (SSSR count). The molecule has 0 radical (unpaired) electrons. The topological polar surface area (TPSA) is 125 Å². The zero-order chi connectivity index (χ0) is 20.1. The molecule has 1 amide bonds. The second-order valence-corrected chi connectivity index (χ2v) is 6.59. The van der Waals surface area contributed by atoms with Crippen LogP contribution in [-0.2, 0) is 14.3 Å². The molecule has 0 bridgehead atoms. The minimum absolute atomic E-state index is 0.0821. The van der Waals surface area contributed by atoms with Crippen LogP contribution < -0.4 is 5.32 Å². The molecule has 1 unspecified atom stereocenters. The third kappa shape index (κ3) is 4.86. The number of benzene rings is 2. The van der Waals surface area contributed by atoms with Crippen molar-refractivity contribution in [2.45, 2.75) is 18.3 Å². The van der Waals surface area contributed by atoms with Gasteiger partial charge in [0, 0.05) is 17.8 Å². The minimum Gasteiger partial charge on any atom is -0.452 e. The monoisotopic (exact) mass is 401 g/mol. The maximum Gasteiger partial charge on any atom is 0.317 e.